The third-order valence-corrected chi connectivity index (χ3v) is 4.38. The number of benzene rings is 2. The Hall–Kier alpha value is -1.68. The molecule has 144 valence electrons. The molecule has 2 aromatic carbocycles. The van der Waals surface area contributed by atoms with Crippen LogP contribution in [0.3, 0.4) is 0 Å². The van der Waals surface area contributed by atoms with Gasteiger partial charge in [0.05, 0.1) is 6.61 Å². The topological polar surface area (TPSA) is 26.7 Å². The molecular weight excluding hydrogens is 320 g/mol. The average molecular weight is 357 g/mol. The summed E-state index contributed by atoms with van der Waals surface area (Å²) in [7, 11) is 0. The van der Waals surface area contributed by atoms with Crippen molar-refractivity contribution >= 4 is 0 Å². The lowest BCUT2D eigenvalue weighted by Crippen LogP contribution is -2.53. The number of rotatable bonds is 5. The zero-order chi connectivity index (χ0) is 19.2. The number of hydrogen-bond donors (Lipinski definition) is 1. The van der Waals surface area contributed by atoms with E-state index in [1.165, 1.54) is 11.1 Å². The van der Waals surface area contributed by atoms with Crippen molar-refractivity contribution in [1.82, 2.24) is 9.80 Å². The predicted molar refractivity (Wildman–Crippen MR) is 112 cm³/mol. The van der Waals surface area contributed by atoms with E-state index < -0.39 is 0 Å². The molecule has 1 N–H and O–H groups in total. The molecular formula is C23H36N2O. The van der Waals surface area contributed by atoms with E-state index in [4.69, 9.17) is 0 Å². The highest BCUT2D eigenvalue weighted by Gasteiger charge is 2.26. The molecule has 2 aromatic rings. The van der Waals surface area contributed by atoms with Crippen molar-refractivity contribution in [2.24, 2.45) is 0 Å². The largest absolute Gasteiger partial charge is 0.395 e. The van der Waals surface area contributed by atoms with Crippen LogP contribution in [0.15, 0.2) is 60.7 Å². The van der Waals surface area contributed by atoms with Gasteiger partial charge in [-0.25, -0.2) is 0 Å². The Balaban J connectivity index is 0.000000791. The maximum Gasteiger partial charge on any atom is 0.0599 e. The fourth-order valence-corrected chi connectivity index (χ4v) is 3.14. The van der Waals surface area contributed by atoms with E-state index in [1.807, 2.05) is 33.8 Å². The molecule has 3 nitrogen and oxygen atoms in total. The fourth-order valence-electron chi connectivity index (χ4n) is 3.14. The molecule has 3 rings (SSSR count). The summed E-state index contributed by atoms with van der Waals surface area (Å²) in [6, 6.07) is 21.3. The van der Waals surface area contributed by atoms with Gasteiger partial charge in [-0.1, -0.05) is 88.4 Å². The van der Waals surface area contributed by atoms with Crippen molar-refractivity contribution in [2.45, 2.75) is 46.8 Å². The molecule has 1 saturated heterocycles. The van der Waals surface area contributed by atoms with Gasteiger partial charge in [-0.05, 0) is 11.1 Å². The van der Waals surface area contributed by atoms with E-state index in [2.05, 4.69) is 64.4 Å². The number of aliphatic hydroxyl groups excluding tert-OH is 1. The number of hydrogen-bond acceptors (Lipinski definition) is 3. The molecule has 1 fully saturated rings. The first-order valence-electron chi connectivity index (χ1n) is 10.0. The lowest BCUT2D eigenvalue weighted by molar-refractivity contribution is 0.0316. The number of piperazine rings is 1. The zero-order valence-electron chi connectivity index (χ0n) is 16.9. The second-order valence-electron chi connectivity index (χ2n) is 6.01. The molecule has 1 aliphatic rings. The van der Waals surface area contributed by atoms with Gasteiger partial charge in [0.25, 0.3) is 0 Å². The third kappa shape index (κ3) is 7.28. The normalized spacial score (nSPS) is 17.5. The van der Waals surface area contributed by atoms with Crippen molar-refractivity contribution < 1.29 is 5.11 Å². The number of nitrogens with zero attached hydrogens (tertiary/aromatic N) is 2. The van der Waals surface area contributed by atoms with E-state index >= 15 is 0 Å². The van der Waals surface area contributed by atoms with Crippen LogP contribution in [0.2, 0.25) is 0 Å². The minimum absolute atomic E-state index is 0.220. The minimum atomic E-state index is 0.220. The summed E-state index contributed by atoms with van der Waals surface area (Å²) in [6.45, 7) is 13.1. The maximum absolute atomic E-state index is 9.75. The molecule has 0 aliphatic carbocycles. The molecule has 0 saturated carbocycles. The summed E-state index contributed by atoms with van der Waals surface area (Å²) >= 11 is 0. The lowest BCUT2D eigenvalue weighted by atomic mass is 10.1. The smallest absolute Gasteiger partial charge is 0.0599 e. The van der Waals surface area contributed by atoms with Crippen LogP contribution in [0, 0.1) is 0 Å². The zero-order valence-corrected chi connectivity index (χ0v) is 16.9. The molecule has 0 spiro atoms. The highest BCUT2D eigenvalue weighted by Crippen LogP contribution is 2.16. The summed E-state index contributed by atoms with van der Waals surface area (Å²) in [5, 5.41) is 9.75. The van der Waals surface area contributed by atoms with Gasteiger partial charge in [-0.2, -0.15) is 0 Å². The van der Waals surface area contributed by atoms with Crippen molar-refractivity contribution in [3.05, 3.63) is 71.8 Å². The molecule has 0 radical (unpaired) electrons. The summed E-state index contributed by atoms with van der Waals surface area (Å²) in [6.07, 6.45) is 0. The van der Waals surface area contributed by atoms with Crippen molar-refractivity contribution in [3.63, 3.8) is 0 Å². The summed E-state index contributed by atoms with van der Waals surface area (Å²) in [5.74, 6) is 0. The van der Waals surface area contributed by atoms with Crippen LogP contribution >= 0.6 is 0 Å². The van der Waals surface area contributed by atoms with Gasteiger partial charge in [0, 0.05) is 38.8 Å². The lowest BCUT2D eigenvalue weighted by Gasteiger charge is -2.40. The van der Waals surface area contributed by atoms with Crippen LogP contribution < -0.4 is 0 Å². The van der Waals surface area contributed by atoms with Gasteiger partial charge < -0.3 is 5.11 Å². The Morgan fingerprint density at radius 3 is 1.77 bits per heavy atom. The van der Waals surface area contributed by atoms with Crippen LogP contribution in [0.25, 0.3) is 0 Å². The Labute approximate surface area is 160 Å². The van der Waals surface area contributed by atoms with Gasteiger partial charge in [0.1, 0.15) is 0 Å². The van der Waals surface area contributed by atoms with E-state index in [0.717, 1.165) is 32.7 Å². The Kier molecular flexibility index (Phi) is 11.6. The second-order valence-corrected chi connectivity index (χ2v) is 6.01. The standard InChI is InChI=1S/C19H24N2O.2C2H6/c22-16-19-15-20(13-17-7-3-1-4-8-17)11-12-21(19)14-18-9-5-2-6-10-18;2*1-2/h1-10,19,22H,11-16H2;2*1-2H3/t19-;;/m1../s1. The van der Waals surface area contributed by atoms with Gasteiger partial charge in [0.2, 0.25) is 0 Å². The first-order chi connectivity index (χ1) is 12.8. The molecule has 0 unspecified atom stereocenters. The number of aliphatic hydroxyl groups is 1. The molecule has 0 aromatic heterocycles. The van der Waals surface area contributed by atoms with Crippen LogP contribution in [-0.4, -0.2) is 47.2 Å². The highest BCUT2D eigenvalue weighted by atomic mass is 16.3. The monoisotopic (exact) mass is 356 g/mol. The molecule has 0 amide bonds. The van der Waals surface area contributed by atoms with Gasteiger partial charge >= 0.3 is 0 Å². The van der Waals surface area contributed by atoms with Gasteiger partial charge in [-0.3, -0.25) is 9.80 Å². The minimum Gasteiger partial charge on any atom is -0.395 e. The van der Waals surface area contributed by atoms with E-state index in [1.54, 1.807) is 0 Å². The molecule has 1 heterocycles. The van der Waals surface area contributed by atoms with Gasteiger partial charge in [0.15, 0.2) is 0 Å². The summed E-state index contributed by atoms with van der Waals surface area (Å²) in [4.78, 5) is 4.84. The first kappa shape index (κ1) is 22.4. The highest BCUT2D eigenvalue weighted by molar-refractivity contribution is 5.16. The van der Waals surface area contributed by atoms with Crippen LogP contribution in [0.5, 0.6) is 0 Å². The van der Waals surface area contributed by atoms with Crippen LogP contribution in [-0.2, 0) is 13.1 Å². The van der Waals surface area contributed by atoms with Crippen molar-refractivity contribution in [2.75, 3.05) is 26.2 Å². The molecule has 26 heavy (non-hydrogen) atoms. The summed E-state index contributed by atoms with van der Waals surface area (Å²) in [5.41, 5.74) is 2.66. The predicted octanol–water partition coefficient (Wildman–Crippen LogP) is 4.42. The van der Waals surface area contributed by atoms with Crippen LogP contribution in [0.4, 0.5) is 0 Å². The second kappa shape index (κ2) is 13.5. The quantitative estimate of drug-likeness (QED) is 0.859. The molecule has 1 atom stereocenters. The maximum atomic E-state index is 9.75. The van der Waals surface area contributed by atoms with E-state index in [9.17, 15) is 5.11 Å². The van der Waals surface area contributed by atoms with Crippen LogP contribution in [0.1, 0.15) is 38.8 Å². The van der Waals surface area contributed by atoms with E-state index in [0.29, 0.717) is 0 Å². The summed E-state index contributed by atoms with van der Waals surface area (Å²) < 4.78 is 0. The third-order valence-electron chi connectivity index (χ3n) is 4.38. The average Bonchev–Trinajstić information content (AvgIpc) is 2.73. The molecule has 1 aliphatic heterocycles. The van der Waals surface area contributed by atoms with Crippen molar-refractivity contribution in [1.29, 1.82) is 0 Å². The Morgan fingerprint density at radius 2 is 1.27 bits per heavy atom. The molecule has 3 heteroatoms. The Morgan fingerprint density at radius 1 is 0.769 bits per heavy atom. The SMILES string of the molecule is CC.CC.OC[C@H]1CN(Cc2ccccc2)CCN1Cc1ccccc1. The van der Waals surface area contributed by atoms with Crippen molar-refractivity contribution in [3.8, 4) is 0 Å². The molecule has 0 bridgehead atoms. The first-order valence-corrected chi connectivity index (χ1v) is 10.0. The Bertz CT molecular complexity index is 559. The van der Waals surface area contributed by atoms with E-state index in [-0.39, 0.29) is 12.6 Å². The fraction of sp³-hybridized carbons (Fsp3) is 0.478. The van der Waals surface area contributed by atoms with Gasteiger partial charge in [-0.15, -0.1) is 0 Å².